The predicted octanol–water partition coefficient (Wildman–Crippen LogP) is 3.72. The number of likely N-dealkylation sites (tertiary alicyclic amines) is 1. The number of hydrogen-bond acceptors (Lipinski definition) is 4. The molecule has 1 aromatic carbocycles. The van der Waals surface area contributed by atoms with Crippen LogP contribution in [0, 0.1) is 0 Å². The normalized spacial score (nSPS) is 20.7. The van der Waals surface area contributed by atoms with Gasteiger partial charge in [0.05, 0.1) is 25.3 Å². The van der Waals surface area contributed by atoms with Gasteiger partial charge in [-0.25, -0.2) is 0 Å². The van der Waals surface area contributed by atoms with Crippen molar-refractivity contribution in [1.82, 2.24) is 14.7 Å². The lowest BCUT2D eigenvalue weighted by atomic mass is 9.82. The molecule has 4 rings (SSSR count). The average molecular weight is 383 g/mol. The number of piperidine rings is 1. The van der Waals surface area contributed by atoms with E-state index in [0.717, 1.165) is 67.8 Å². The number of nitrogens with zero attached hydrogens (tertiary/aromatic N) is 3. The van der Waals surface area contributed by atoms with Crippen LogP contribution in [-0.4, -0.2) is 53.0 Å². The van der Waals surface area contributed by atoms with Gasteiger partial charge in [-0.3, -0.25) is 9.48 Å². The van der Waals surface area contributed by atoms with Crippen molar-refractivity contribution in [3.63, 3.8) is 0 Å². The van der Waals surface area contributed by atoms with Crippen molar-refractivity contribution in [2.24, 2.45) is 0 Å². The first-order chi connectivity index (χ1) is 13.6. The molecule has 2 heterocycles. The first-order valence-electron chi connectivity index (χ1n) is 10.2. The molecule has 1 atom stereocenters. The molecule has 1 N–H and O–H groups in total. The fourth-order valence-electron chi connectivity index (χ4n) is 4.74. The molecule has 1 saturated heterocycles. The largest absolute Gasteiger partial charge is 0.497 e. The van der Waals surface area contributed by atoms with Crippen LogP contribution in [0.1, 0.15) is 55.3 Å². The molecule has 0 amide bonds. The van der Waals surface area contributed by atoms with Crippen LogP contribution in [0.2, 0.25) is 0 Å². The van der Waals surface area contributed by atoms with E-state index in [4.69, 9.17) is 9.84 Å². The van der Waals surface area contributed by atoms with Gasteiger partial charge in [0.2, 0.25) is 0 Å². The fourth-order valence-corrected chi connectivity index (χ4v) is 4.74. The van der Waals surface area contributed by atoms with E-state index < -0.39 is 5.97 Å². The number of hydrogen-bond donors (Lipinski definition) is 1. The van der Waals surface area contributed by atoms with Gasteiger partial charge < -0.3 is 14.7 Å². The Bertz CT molecular complexity index is 835. The van der Waals surface area contributed by atoms with Crippen LogP contribution in [0.3, 0.4) is 0 Å². The Kier molecular flexibility index (Phi) is 5.40. The van der Waals surface area contributed by atoms with Gasteiger partial charge in [0.1, 0.15) is 5.75 Å². The Morgan fingerprint density at radius 2 is 1.93 bits per heavy atom. The Morgan fingerprint density at radius 1 is 1.21 bits per heavy atom. The summed E-state index contributed by atoms with van der Waals surface area (Å²) in [4.78, 5) is 13.9. The van der Waals surface area contributed by atoms with Gasteiger partial charge in [0.25, 0.3) is 0 Å². The minimum absolute atomic E-state index is 0.0402. The number of benzene rings is 1. The summed E-state index contributed by atoms with van der Waals surface area (Å²) in [5.41, 5.74) is 4.43. The van der Waals surface area contributed by atoms with Crippen molar-refractivity contribution in [3.8, 4) is 17.0 Å². The molecule has 1 aliphatic carbocycles. The summed E-state index contributed by atoms with van der Waals surface area (Å²) < 4.78 is 7.54. The smallest absolute Gasteiger partial charge is 0.303 e. The zero-order valence-electron chi connectivity index (χ0n) is 16.7. The lowest BCUT2D eigenvalue weighted by Crippen LogP contribution is -2.32. The van der Waals surface area contributed by atoms with Crippen LogP contribution >= 0.6 is 0 Å². The minimum atomic E-state index is -0.731. The standard InChI is InChI=1S/C22H29N3O3/c1-24-12-10-17(11-13-24)25-19-5-3-4-16(14-20(26)27)21(19)22(23-25)15-6-8-18(28-2)9-7-15/h6-9,16-17H,3-5,10-14H2,1-2H3,(H,26,27). The fraction of sp³-hybridized carbons (Fsp3) is 0.545. The number of rotatable bonds is 5. The minimum Gasteiger partial charge on any atom is -0.497 e. The topological polar surface area (TPSA) is 67.6 Å². The Labute approximate surface area is 166 Å². The second kappa shape index (κ2) is 7.95. The zero-order chi connectivity index (χ0) is 19.7. The molecule has 1 aliphatic heterocycles. The maximum absolute atomic E-state index is 11.5. The number of aliphatic carboxylic acids is 1. The second-order valence-electron chi connectivity index (χ2n) is 8.10. The van der Waals surface area contributed by atoms with E-state index in [-0.39, 0.29) is 12.3 Å². The van der Waals surface area contributed by atoms with Crippen LogP contribution in [0.5, 0.6) is 5.75 Å². The monoisotopic (exact) mass is 383 g/mol. The number of carbonyl (C=O) groups is 1. The maximum atomic E-state index is 11.5. The van der Waals surface area contributed by atoms with E-state index in [2.05, 4.69) is 16.6 Å². The number of aromatic nitrogens is 2. The lowest BCUT2D eigenvalue weighted by Gasteiger charge is -2.31. The summed E-state index contributed by atoms with van der Waals surface area (Å²) in [5.74, 6) is 0.124. The van der Waals surface area contributed by atoms with Gasteiger partial charge in [-0.15, -0.1) is 0 Å². The zero-order valence-corrected chi connectivity index (χ0v) is 16.7. The molecule has 150 valence electrons. The van der Waals surface area contributed by atoms with E-state index in [0.29, 0.717) is 6.04 Å². The average Bonchev–Trinajstić information content (AvgIpc) is 3.09. The van der Waals surface area contributed by atoms with Crippen molar-refractivity contribution in [1.29, 1.82) is 0 Å². The van der Waals surface area contributed by atoms with E-state index in [1.165, 1.54) is 5.69 Å². The summed E-state index contributed by atoms with van der Waals surface area (Å²) >= 11 is 0. The highest BCUT2D eigenvalue weighted by atomic mass is 16.5. The molecule has 0 radical (unpaired) electrons. The summed E-state index contributed by atoms with van der Waals surface area (Å²) in [5, 5.41) is 14.5. The van der Waals surface area contributed by atoms with Gasteiger partial charge in [0.15, 0.2) is 0 Å². The van der Waals surface area contributed by atoms with Gasteiger partial charge in [-0.05, 0) is 82.4 Å². The number of fused-ring (bicyclic) bond motifs is 1. The van der Waals surface area contributed by atoms with Crippen LogP contribution < -0.4 is 4.74 Å². The predicted molar refractivity (Wildman–Crippen MR) is 108 cm³/mol. The summed E-state index contributed by atoms with van der Waals surface area (Å²) in [6, 6.07) is 8.37. The molecular formula is C22H29N3O3. The quantitative estimate of drug-likeness (QED) is 0.852. The summed E-state index contributed by atoms with van der Waals surface area (Å²) in [6.45, 7) is 2.16. The molecule has 6 nitrogen and oxygen atoms in total. The third-order valence-corrected chi connectivity index (χ3v) is 6.24. The van der Waals surface area contributed by atoms with Crippen LogP contribution in [0.4, 0.5) is 0 Å². The molecule has 0 saturated carbocycles. The number of carboxylic acid groups (broad SMARTS) is 1. The highest BCUT2D eigenvalue weighted by Crippen LogP contribution is 2.42. The Morgan fingerprint density at radius 3 is 2.57 bits per heavy atom. The number of carboxylic acids is 1. The number of methoxy groups -OCH3 is 1. The van der Waals surface area contributed by atoms with Gasteiger partial charge >= 0.3 is 5.97 Å². The Balaban J connectivity index is 1.78. The molecule has 6 heteroatoms. The maximum Gasteiger partial charge on any atom is 0.303 e. The van der Waals surface area contributed by atoms with Crippen molar-refractivity contribution >= 4 is 5.97 Å². The molecule has 28 heavy (non-hydrogen) atoms. The van der Waals surface area contributed by atoms with Crippen LogP contribution in [-0.2, 0) is 11.2 Å². The van der Waals surface area contributed by atoms with E-state index in [1.807, 2.05) is 24.3 Å². The van der Waals surface area contributed by atoms with E-state index in [1.54, 1.807) is 7.11 Å². The number of ether oxygens (including phenoxy) is 1. The Hall–Kier alpha value is -2.34. The van der Waals surface area contributed by atoms with Crippen molar-refractivity contribution in [3.05, 3.63) is 35.5 Å². The molecule has 1 unspecified atom stereocenters. The first kappa shape index (κ1) is 19.0. The molecular weight excluding hydrogens is 354 g/mol. The highest BCUT2D eigenvalue weighted by Gasteiger charge is 2.33. The SMILES string of the molecule is COc1ccc(-c2nn(C3CCN(C)CC3)c3c2C(CC(=O)O)CCC3)cc1. The second-order valence-corrected chi connectivity index (χ2v) is 8.10. The van der Waals surface area contributed by atoms with E-state index >= 15 is 0 Å². The van der Waals surface area contributed by atoms with E-state index in [9.17, 15) is 9.90 Å². The molecule has 0 bridgehead atoms. The lowest BCUT2D eigenvalue weighted by molar-refractivity contribution is -0.137. The van der Waals surface area contributed by atoms with Crippen molar-refractivity contribution < 1.29 is 14.6 Å². The molecule has 1 aromatic heterocycles. The molecule has 0 spiro atoms. The van der Waals surface area contributed by atoms with Crippen molar-refractivity contribution in [2.75, 3.05) is 27.2 Å². The van der Waals surface area contributed by atoms with Crippen molar-refractivity contribution in [2.45, 2.75) is 50.5 Å². The molecule has 2 aromatic rings. The van der Waals surface area contributed by atoms with Crippen LogP contribution in [0.25, 0.3) is 11.3 Å². The third-order valence-electron chi connectivity index (χ3n) is 6.24. The third kappa shape index (κ3) is 3.65. The highest BCUT2D eigenvalue weighted by molar-refractivity contribution is 5.71. The summed E-state index contributed by atoms with van der Waals surface area (Å²) in [7, 11) is 3.83. The first-order valence-corrected chi connectivity index (χ1v) is 10.2. The summed E-state index contributed by atoms with van der Waals surface area (Å²) in [6.07, 6.45) is 5.30. The van der Waals surface area contributed by atoms with Gasteiger partial charge in [-0.1, -0.05) is 0 Å². The van der Waals surface area contributed by atoms with Crippen LogP contribution in [0.15, 0.2) is 24.3 Å². The van der Waals surface area contributed by atoms with Gasteiger partial charge in [-0.2, -0.15) is 5.10 Å². The van der Waals surface area contributed by atoms with Gasteiger partial charge in [0, 0.05) is 16.8 Å². The molecule has 2 aliphatic rings. The molecule has 1 fully saturated rings.